The second-order valence-corrected chi connectivity index (χ2v) is 3.16. The standard InChI is InChI=1S/C7H13F2N/c1-5-3-2-4-7(8,9)6(5)10/h5-6H,2-4,10H2,1H3/t5-,6+/m0/s1. The third kappa shape index (κ3) is 1.29. The van der Waals surface area contributed by atoms with Crippen LogP contribution in [-0.2, 0) is 0 Å². The van der Waals surface area contributed by atoms with Crippen LogP contribution in [0.15, 0.2) is 0 Å². The third-order valence-electron chi connectivity index (χ3n) is 2.27. The van der Waals surface area contributed by atoms with Crippen LogP contribution in [0.3, 0.4) is 0 Å². The number of alkyl halides is 2. The lowest BCUT2D eigenvalue weighted by atomic mass is 9.84. The van der Waals surface area contributed by atoms with E-state index in [9.17, 15) is 8.78 Å². The summed E-state index contributed by atoms with van der Waals surface area (Å²) in [5.41, 5.74) is 5.31. The molecule has 0 unspecified atom stereocenters. The Kier molecular flexibility index (Phi) is 1.95. The van der Waals surface area contributed by atoms with Gasteiger partial charge in [-0.15, -0.1) is 0 Å². The van der Waals surface area contributed by atoms with Crippen LogP contribution >= 0.6 is 0 Å². The van der Waals surface area contributed by atoms with Crippen LogP contribution in [0.4, 0.5) is 8.78 Å². The normalized spacial score (nSPS) is 39.6. The van der Waals surface area contributed by atoms with E-state index in [1.165, 1.54) is 0 Å². The van der Waals surface area contributed by atoms with Crippen LogP contribution in [0.2, 0.25) is 0 Å². The summed E-state index contributed by atoms with van der Waals surface area (Å²) in [5, 5.41) is 0. The SMILES string of the molecule is C[C@H]1CCCC(F)(F)[C@@H]1N. The lowest BCUT2D eigenvalue weighted by Gasteiger charge is -2.33. The van der Waals surface area contributed by atoms with E-state index >= 15 is 0 Å². The molecular formula is C7H13F2N. The molecule has 60 valence electrons. The van der Waals surface area contributed by atoms with Crippen molar-refractivity contribution in [3.05, 3.63) is 0 Å². The molecule has 1 aliphatic carbocycles. The lowest BCUT2D eigenvalue weighted by Crippen LogP contribution is -2.48. The van der Waals surface area contributed by atoms with E-state index in [0.717, 1.165) is 6.42 Å². The van der Waals surface area contributed by atoms with E-state index in [1.807, 2.05) is 0 Å². The summed E-state index contributed by atoms with van der Waals surface area (Å²) in [6.07, 6.45) is 1.43. The van der Waals surface area contributed by atoms with Crippen molar-refractivity contribution < 1.29 is 8.78 Å². The fourth-order valence-electron chi connectivity index (χ4n) is 1.42. The Hall–Kier alpha value is -0.180. The van der Waals surface area contributed by atoms with Crippen LogP contribution in [-0.4, -0.2) is 12.0 Å². The molecule has 1 aliphatic rings. The minimum absolute atomic E-state index is 0.0243. The van der Waals surface area contributed by atoms with Crippen LogP contribution in [0.25, 0.3) is 0 Å². The summed E-state index contributed by atoms with van der Waals surface area (Å²) in [6, 6.07) is -0.916. The van der Waals surface area contributed by atoms with E-state index in [2.05, 4.69) is 0 Å². The zero-order valence-electron chi connectivity index (χ0n) is 6.11. The van der Waals surface area contributed by atoms with Crippen molar-refractivity contribution in [2.24, 2.45) is 11.7 Å². The number of hydrogen-bond acceptors (Lipinski definition) is 1. The minimum Gasteiger partial charge on any atom is -0.322 e. The van der Waals surface area contributed by atoms with Crippen molar-refractivity contribution in [1.29, 1.82) is 0 Å². The first-order valence-electron chi connectivity index (χ1n) is 3.67. The second kappa shape index (κ2) is 2.46. The average Bonchev–Trinajstić information content (AvgIpc) is 1.83. The third-order valence-corrected chi connectivity index (χ3v) is 2.27. The van der Waals surface area contributed by atoms with Gasteiger partial charge in [0.15, 0.2) is 0 Å². The fraction of sp³-hybridized carbons (Fsp3) is 1.00. The van der Waals surface area contributed by atoms with E-state index in [-0.39, 0.29) is 12.3 Å². The highest BCUT2D eigenvalue weighted by molar-refractivity contribution is 4.88. The van der Waals surface area contributed by atoms with Gasteiger partial charge in [-0.1, -0.05) is 6.92 Å². The van der Waals surface area contributed by atoms with Gasteiger partial charge in [-0.25, -0.2) is 8.78 Å². The highest BCUT2D eigenvalue weighted by Crippen LogP contribution is 2.35. The Labute approximate surface area is 59.6 Å². The van der Waals surface area contributed by atoms with Crippen molar-refractivity contribution in [2.45, 2.75) is 38.2 Å². The van der Waals surface area contributed by atoms with Crippen LogP contribution < -0.4 is 5.73 Å². The first-order valence-corrected chi connectivity index (χ1v) is 3.67. The van der Waals surface area contributed by atoms with E-state index in [4.69, 9.17) is 5.73 Å². The molecule has 1 saturated carbocycles. The Bertz CT molecular complexity index is 125. The van der Waals surface area contributed by atoms with Crippen LogP contribution in [0.5, 0.6) is 0 Å². The molecule has 3 heteroatoms. The van der Waals surface area contributed by atoms with Gasteiger partial charge in [0.1, 0.15) is 0 Å². The minimum atomic E-state index is -2.61. The summed E-state index contributed by atoms with van der Waals surface area (Å²) < 4.78 is 25.4. The largest absolute Gasteiger partial charge is 0.322 e. The molecule has 0 spiro atoms. The predicted octanol–water partition coefficient (Wildman–Crippen LogP) is 1.77. The van der Waals surface area contributed by atoms with Gasteiger partial charge in [0.2, 0.25) is 0 Å². The molecule has 1 fully saturated rings. The van der Waals surface area contributed by atoms with Crippen molar-refractivity contribution in [1.82, 2.24) is 0 Å². The molecule has 0 aromatic heterocycles. The quantitative estimate of drug-likeness (QED) is 0.558. The van der Waals surface area contributed by atoms with Gasteiger partial charge in [0.25, 0.3) is 5.92 Å². The maximum absolute atomic E-state index is 12.7. The first-order chi connectivity index (χ1) is 4.54. The molecular weight excluding hydrogens is 136 g/mol. The van der Waals surface area contributed by atoms with E-state index in [1.54, 1.807) is 6.92 Å². The molecule has 2 atom stereocenters. The van der Waals surface area contributed by atoms with Crippen LogP contribution in [0, 0.1) is 5.92 Å². The summed E-state index contributed by atoms with van der Waals surface area (Å²) in [4.78, 5) is 0. The molecule has 0 radical (unpaired) electrons. The maximum atomic E-state index is 12.7. The smallest absolute Gasteiger partial charge is 0.263 e. The molecule has 2 N–H and O–H groups in total. The van der Waals surface area contributed by atoms with Gasteiger partial charge in [0.05, 0.1) is 6.04 Å². The summed E-state index contributed by atoms with van der Waals surface area (Å²) in [7, 11) is 0. The summed E-state index contributed by atoms with van der Waals surface area (Å²) >= 11 is 0. The Morgan fingerprint density at radius 1 is 1.50 bits per heavy atom. The monoisotopic (exact) mass is 149 g/mol. The number of nitrogens with two attached hydrogens (primary N) is 1. The van der Waals surface area contributed by atoms with E-state index in [0.29, 0.717) is 6.42 Å². The zero-order chi connectivity index (χ0) is 7.78. The Morgan fingerprint density at radius 3 is 2.50 bits per heavy atom. The highest BCUT2D eigenvalue weighted by atomic mass is 19.3. The molecule has 1 nitrogen and oxygen atoms in total. The second-order valence-electron chi connectivity index (χ2n) is 3.16. The molecule has 1 rings (SSSR count). The zero-order valence-corrected chi connectivity index (χ0v) is 6.11. The molecule has 0 aromatic rings. The maximum Gasteiger partial charge on any atom is 0.263 e. The predicted molar refractivity (Wildman–Crippen MR) is 35.9 cm³/mol. The van der Waals surface area contributed by atoms with Gasteiger partial charge in [-0.3, -0.25) is 0 Å². The van der Waals surface area contributed by atoms with Gasteiger partial charge < -0.3 is 5.73 Å². The Morgan fingerprint density at radius 2 is 2.10 bits per heavy atom. The van der Waals surface area contributed by atoms with Crippen molar-refractivity contribution in [3.8, 4) is 0 Å². The number of hydrogen-bond donors (Lipinski definition) is 1. The Balaban J connectivity index is 2.60. The molecule has 0 aliphatic heterocycles. The molecule has 0 aromatic carbocycles. The number of rotatable bonds is 0. The molecule has 0 amide bonds. The fourth-order valence-corrected chi connectivity index (χ4v) is 1.42. The molecule has 10 heavy (non-hydrogen) atoms. The van der Waals surface area contributed by atoms with Gasteiger partial charge in [0, 0.05) is 6.42 Å². The highest BCUT2D eigenvalue weighted by Gasteiger charge is 2.42. The van der Waals surface area contributed by atoms with Gasteiger partial charge >= 0.3 is 0 Å². The first kappa shape index (κ1) is 7.92. The van der Waals surface area contributed by atoms with Gasteiger partial charge in [-0.05, 0) is 18.8 Å². The summed E-state index contributed by atoms with van der Waals surface area (Å²) in [5.74, 6) is -2.64. The van der Waals surface area contributed by atoms with E-state index < -0.39 is 12.0 Å². The average molecular weight is 149 g/mol. The van der Waals surface area contributed by atoms with Gasteiger partial charge in [-0.2, -0.15) is 0 Å². The van der Waals surface area contributed by atoms with Crippen molar-refractivity contribution in [2.75, 3.05) is 0 Å². The van der Waals surface area contributed by atoms with Crippen LogP contribution in [0.1, 0.15) is 26.2 Å². The topological polar surface area (TPSA) is 26.0 Å². The molecule has 0 saturated heterocycles. The number of halogens is 2. The van der Waals surface area contributed by atoms with Crippen molar-refractivity contribution >= 4 is 0 Å². The summed E-state index contributed by atoms with van der Waals surface area (Å²) in [6.45, 7) is 1.79. The van der Waals surface area contributed by atoms with Crippen molar-refractivity contribution in [3.63, 3.8) is 0 Å². The molecule has 0 bridgehead atoms. The lowest BCUT2D eigenvalue weighted by molar-refractivity contribution is -0.0687. The molecule has 0 heterocycles.